The van der Waals surface area contributed by atoms with Crippen LogP contribution in [0.1, 0.15) is 29.5 Å². The summed E-state index contributed by atoms with van der Waals surface area (Å²) in [5, 5.41) is 0.842. The lowest BCUT2D eigenvalue weighted by molar-refractivity contribution is 0.0925. The highest BCUT2D eigenvalue weighted by Crippen LogP contribution is 2.23. The van der Waals surface area contributed by atoms with Crippen LogP contribution in [0.25, 0.3) is 10.9 Å². The van der Waals surface area contributed by atoms with Crippen LogP contribution in [0.15, 0.2) is 52.2 Å². The monoisotopic (exact) mass is 444 g/mol. The Labute approximate surface area is 180 Å². The van der Waals surface area contributed by atoms with Crippen LogP contribution in [-0.2, 0) is 21.3 Å². The number of aryl methyl sites for hydroxylation is 2. The molecule has 1 fully saturated rings. The minimum absolute atomic E-state index is 0.0180. The lowest BCUT2D eigenvalue weighted by atomic mass is 10.0. The van der Waals surface area contributed by atoms with Gasteiger partial charge in [-0.15, -0.1) is 0 Å². The molecule has 6 nitrogen and oxygen atoms in total. The molecule has 2 heterocycles. The molecule has 164 valence electrons. The van der Waals surface area contributed by atoms with Crippen molar-refractivity contribution in [3.8, 4) is 0 Å². The molecule has 0 bridgehead atoms. The van der Waals surface area contributed by atoms with Crippen LogP contribution in [0.3, 0.4) is 0 Å². The predicted octanol–water partition coefficient (Wildman–Crippen LogP) is 3.65. The van der Waals surface area contributed by atoms with Crippen LogP contribution in [0.2, 0.25) is 0 Å². The van der Waals surface area contributed by atoms with Gasteiger partial charge in [0.15, 0.2) is 0 Å². The van der Waals surface area contributed by atoms with Gasteiger partial charge in [0.2, 0.25) is 10.0 Å². The lowest BCUT2D eigenvalue weighted by Gasteiger charge is -2.25. The summed E-state index contributed by atoms with van der Waals surface area (Å²) in [7, 11) is -3.95. The fraction of sp³-hybridized carbons (Fsp3) is 0.348. The van der Waals surface area contributed by atoms with Crippen molar-refractivity contribution in [1.29, 1.82) is 0 Å². The Hall–Kier alpha value is -2.55. The van der Waals surface area contributed by atoms with Crippen molar-refractivity contribution in [3.05, 3.63) is 75.3 Å². The van der Waals surface area contributed by atoms with Crippen LogP contribution >= 0.6 is 0 Å². The molecule has 0 saturated carbocycles. The fourth-order valence-corrected chi connectivity index (χ4v) is 5.30. The first-order valence-corrected chi connectivity index (χ1v) is 11.7. The molecule has 1 N–H and O–H groups in total. The molecular weight excluding hydrogens is 419 g/mol. The van der Waals surface area contributed by atoms with Gasteiger partial charge in [0.05, 0.1) is 11.0 Å². The topological polar surface area (TPSA) is 79.5 Å². The van der Waals surface area contributed by atoms with Crippen LogP contribution < -0.4 is 5.56 Å². The Balaban J connectivity index is 1.73. The van der Waals surface area contributed by atoms with Gasteiger partial charge in [-0.1, -0.05) is 0 Å². The molecule has 0 aliphatic carbocycles. The molecule has 1 aromatic heterocycles. The van der Waals surface area contributed by atoms with Gasteiger partial charge < -0.3 is 9.72 Å². The zero-order valence-corrected chi connectivity index (χ0v) is 18.3. The predicted molar refractivity (Wildman–Crippen MR) is 117 cm³/mol. The number of pyridine rings is 1. The van der Waals surface area contributed by atoms with Gasteiger partial charge in [-0.25, -0.2) is 12.8 Å². The summed E-state index contributed by atoms with van der Waals surface area (Å²) in [5.74, 6) is -0.513. The molecule has 2 aromatic carbocycles. The maximum atomic E-state index is 13.3. The molecule has 1 aliphatic rings. The van der Waals surface area contributed by atoms with Crippen molar-refractivity contribution in [2.75, 3.05) is 13.2 Å². The van der Waals surface area contributed by atoms with E-state index in [0.717, 1.165) is 41.5 Å². The minimum atomic E-state index is -3.95. The number of benzene rings is 2. The summed E-state index contributed by atoms with van der Waals surface area (Å²) in [6.45, 7) is 4.58. The van der Waals surface area contributed by atoms with Crippen molar-refractivity contribution >= 4 is 20.9 Å². The number of hydrogen-bond acceptors (Lipinski definition) is 4. The first-order chi connectivity index (χ1) is 14.7. The number of nitrogens with zero attached hydrogens (tertiary/aromatic N) is 1. The molecule has 0 unspecified atom stereocenters. The number of nitrogens with one attached hydrogen (secondary N) is 1. The number of aromatic amines is 1. The first-order valence-electron chi connectivity index (χ1n) is 10.2. The van der Waals surface area contributed by atoms with E-state index in [-0.39, 0.29) is 29.6 Å². The zero-order valence-electron chi connectivity index (χ0n) is 17.5. The van der Waals surface area contributed by atoms with E-state index in [1.165, 1.54) is 16.4 Å². The molecule has 1 atom stereocenters. The van der Waals surface area contributed by atoms with E-state index in [0.29, 0.717) is 17.7 Å². The van der Waals surface area contributed by atoms with Gasteiger partial charge >= 0.3 is 0 Å². The molecule has 0 spiro atoms. The minimum Gasteiger partial charge on any atom is -0.377 e. The number of aromatic nitrogens is 1. The number of sulfonamides is 1. The number of fused-ring (bicyclic) bond motifs is 1. The Morgan fingerprint density at radius 2 is 1.84 bits per heavy atom. The Morgan fingerprint density at radius 1 is 1.13 bits per heavy atom. The van der Waals surface area contributed by atoms with E-state index in [9.17, 15) is 17.6 Å². The van der Waals surface area contributed by atoms with Crippen molar-refractivity contribution in [3.63, 3.8) is 0 Å². The van der Waals surface area contributed by atoms with E-state index in [1.807, 2.05) is 26.0 Å². The number of hydrogen-bond donors (Lipinski definition) is 1. The Morgan fingerprint density at radius 3 is 2.52 bits per heavy atom. The van der Waals surface area contributed by atoms with Crippen LogP contribution in [-0.4, -0.2) is 37.0 Å². The van der Waals surface area contributed by atoms with Crippen molar-refractivity contribution in [2.24, 2.45) is 0 Å². The standard InChI is InChI=1S/C23H25FN2O4S/c1-15-10-17-12-18(23(27)25-22(17)11-16(15)2)13-26(14-20-4-3-9-30-20)31(28,29)21-7-5-19(24)6-8-21/h5-8,10-12,20H,3-4,9,13-14H2,1-2H3,(H,25,27)/t20-/m1/s1. The van der Waals surface area contributed by atoms with Gasteiger partial charge in [-0.2, -0.15) is 4.31 Å². The van der Waals surface area contributed by atoms with Gasteiger partial charge in [0, 0.05) is 30.8 Å². The Kier molecular flexibility index (Phi) is 5.96. The SMILES string of the molecule is Cc1cc2cc(CN(C[C@H]3CCCO3)S(=O)(=O)c3ccc(F)cc3)c(=O)[nH]c2cc1C. The van der Waals surface area contributed by atoms with E-state index >= 15 is 0 Å². The molecule has 31 heavy (non-hydrogen) atoms. The smallest absolute Gasteiger partial charge is 0.252 e. The summed E-state index contributed by atoms with van der Waals surface area (Å²) in [4.78, 5) is 15.6. The van der Waals surface area contributed by atoms with E-state index in [2.05, 4.69) is 4.98 Å². The second kappa shape index (κ2) is 8.53. The highest BCUT2D eigenvalue weighted by molar-refractivity contribution is 7.89. The lowest BCUT2D eigenvalue weighted by Crippen LogP contribution is -2.38. The highest BCUT2D eigenvalue weighted by Gasteiger charge is 2.30. The molecule has 1 aliphatic heterocycles. The number of halogens is 1. The molecule has 0 amide bonds. The second-order valence-corrected chi connectivity index (χ2v) is 9.97. The quantitative estimate of drug-likeness (QED) is 0.629. The number of ether oxygens (including phenoxy) is 1. The molecule has 8 heteroatoms. The Bertz CT molecular complexity index is 1260. The summed E-state index contributed by atoms with van der Waals surface area (Å²) >= 11 is 0. The van der Waals surface area contributed by atoms with Gasteiger partial charge in [0.25, 0.3) is 5.56 Å². The normalized spacial score (nSPS) is 17.0. The molecule has 1 saturated heterocycles. The van der Waals surface area contributed by atoms with Crippen LogP contribution in [0.5, 0.6) is 0 Å². The summed E-state index contributed by atoms with van der Waals surface area (Å²) in [6.07, 6.45) is 1.38. The summed E-state index contributed by atoms with van der Waals surface area (Å²) in [5.41, 5.74) is 2.88. The van der Waals surface area contributed by atoms with Gasteiger partial charge in [0.1, 0.15) is 5.82 Å². The maximum Gasteiger partial charge on any atom is 0.252 e. The molecule has 0 radical (unpaired) electrons. The highest BCUT2D eigenvalue weighted by atomic mass is 32.2. The van der Waals surface area contributed by atoms with Gasteiger partial charge in [-0.3, -0.25) is 4.79 Å². The third kappa shape index (κ3) is 4.56. The maximum absolute atomic E-state index is 13.3. The van der Waals surface area contributed by atoms with Gasteiger partial charge in [-0.05, 0) is 85.7 Å². The van der Waals surface area contributed by atoms with E-state index < -0.39 is 15.8 Å². The molecular formula is C23H25FN2O4S. The van der Waals surface area contributed by atoms with Crippen molar-refractivity contribution in [1.82, 2.24) is 9.29 Å². The number of rotatable bonds is 6. The van der Waals surface area contributed by atoms with Crippen LogP contribution in [0, 0.1) is 19.7 Å². The largest absolute Gasteiger partial charge is 0.377 e. The first kappa shape index (κ1) is 21.7. The second-order valence-electron chi connectivity index (χ2n) is 8.03. The summed E-state index contributed by atoms with van der Waals surface area (Å²) in [6, 6.07) is 10.3. The fourth-order valence-electron chi connectivity index (χ4n) is 3.85. The molecule has 4 rings (SSSR count). The third-order valence-corrected chi connectivity index (χ3v) is 7.59. The van der Waals surface area contributed by atoms with E-state index in [1.54, 1.807) is 6.07 Å². The zero-order chi connectivity index (χ0) is 22.2. The van der Waals surface area contributed by atoms with Crippen molar-refractivity contribution < 1.29 is 17.5 Å². The average molecular weight is 445 g/mol. The molecule has 3 aromatic rings. The van der Waals surface area contributed by atoms with E-state index in [4.69, 9.17) is 4.74 Å². The average Bonchev–Trinajstić information content (AvgIpc) is 3.23. The van der Waals surface area contributed by atoms with Crippen molar-refractivity contribution in [2.45, 2.75) is 44.2 Å². The number of H-pyrrole nitrogens is 1. The third-order valence-electron chi connectivity index (χ3n) is 5.76. The van der Waals surface area contributed by atoms with Crippen LogP contribution in [0.4, 0.5) is 4.39 Å². The summed E-state index contributed by atoms with van der Waals surface area (Å²) < 4.78 is 46.9.